The minimum atomic E-state index is -0.390. The van der Waals surface area contributed by atoms with E-state index in [2.05, 4.69) is 27.2 Å². The number of hydrogen-bond donors (Lipinski definition) is 1. The van der Waals surface area contributed by atoms with Gasteiger partial charge in [-0.15, -0.1) is 0 Å². The van der Waals surface area contributed by atoms with E-state index in [-0.39, 0.29) is 17.5 Å². The topological polar surface area (TPSA) is 101 Å². The van der Waals surface area contributed by atoms with Gasteiger partial charge in [-0.05, 0) is 24.1 Å². The summed E-state index contributed by atoms with van der Waals surface area (Å²) in [6.07, 6.45) is 8.02. The second-order valence-corrected chi connectivity index (χ2v) is 6.04. The van der Waals surface area contributed by atoms with Crippen molar-refractivity contribution < 1.29 is 13.9 Å². The average Bonchev–Trinajstić information content (AvgIpc) is 3.09. The van der Waals surface area contributed by atoms with E-state index in [1.165, 1.54) is 26.4 Å². The van der Waals surface area contributed by atoms with Gasteiger partial charge >= 0.3 is 5.97 Å². The largest absolute Gasteiger partial charge is 0.465 e. The Morgan fingerprint density at radius 1 is 1.30 bits per heavy atom. The molecule has 1 N–H and O–H groups in total. The molecule has 0 saturated heterocycles. The minimum Gasteiger partial charge on any atom is -0.465 e. The first-order valence-electron chi connectivity index (χ1n) is 9.05. The highest BCUT2D eigenvalue weighted by molar-refractivity contribution is 5.90. The van der Waals surface area contributed by atoms with Crippen molar-refractivity contribution in [3.8, 4) is 6.07 Å². The third kappa shape index (κ3) is 6.26. The molecule has 2 aromatic rings. The summed E-state index contributed by atoms with van der Waals surface area (Å²) in [5.41, 5.74) is 4.16. The zero-order valence-electron chi connectivity index (χ0n) is 15.7. The van der Waals surface area contributed by atoms with Crippen LogP contribution in [0.4, 0.5) is 5.88 Å². The average molecular weight is 368 g/mol. The van der Waals surface area contributed by atoms with Crippen molar-refractivity contribution in [2.24, 2.45) is 5.10 Å². The van der Waals surface area contributed by atoms with Gasteiger partial charge in [0.15, 0.2) is 5.89 Å². The van der Waals surface area contributed by atoms with Gasteiger partial charge < -0.3 is 9.15 Å². The highest BCUT2D eigenvalue weighted by atomic mass is 16.5. The Bertz CT molecular complexity index is 804. The van der Waals surface area contributed by atoms with Crippen LogP contribution >= 0.6 is 0 Å². The van der Waals surface area contributed by atoms with Crippen molar-refractivity contribution in [1.29, 1.82) is 5.26 Å². The SMILES string of the molecule is CCCCCCCc1nc(C#N)c(N/N=C/c2ccc(C(=O)OC)cc2)o1. The number of hydrogen-bond acceptors (Lipinski definition) is 7. The monoisotopic (exact) mass is 368 g/mol. The van der Waals surface area contributed by atoms with E-state index in [0.29, 0.717) is 17.9 Å². The first-order chi connectivity index (χ1) is 13.2. The van der Waals surface area contributed by atoms with Crippen LogP contribution in [0.25, 0.3) is 0 Å². The Morgan fingerprint density at radius 2 is 2.04 bits per heavy atom. The van der Waals surface area contributed by atoms with Gasteiger partial charge in [0.1, 0.15) is 6.07 Å². The predicted octanol–water partition coefficient (Wildman–Crippen LogP) is 4.29. The molecule has 0 radical (unpaired) electrons. The Kier molecular flexibility index (Phi) is 8.04. The quantitative estimate of drug-likeness (QED) is 0.290. The number of anilines is 1. The second kappa shape index (κ2) is 10.8. The molecule has 0 aliphatic heterocycles. The van der Waals surface area contributed by atoms with Gasteiger partial charge in [0.25, 0.3) is 5.88 Å². The molecule has 1 heterocycles. The molecule has 0 bridgehead atoms. The lowest BCUT2D eigenvalue weighted by Gasteiger charge is -1.99. The van der Waals surface area contributed by atoms with Crippen LogP contribution in [-0.4, -0.2) is 24.3 Å². The molecule has 142 valence electrons. The molecule has 0 aliphatic carbocycles. The van der Waals surface area contributed by atoms with E-state index in [9.17, 15) is 10.1 Å². The molecule has 1 aromatic carbocycles. The number of aromatic nitrogens is 1. The number of nitrogens with one attached hydrogen (secondary N) is 1. The summed E-state index contributed by atoms with van der Waals surface area (Å²) < 4.78 is 10.3. The first kappa shape index (κ1) is 20.2. The van der Waals surface area contributed by atoms with Crippen molar-refractivity contribution >= 4 is 18.1 Å². The molecular formula is C20H24N4O3. The van der Waals surface area contributed by atoms with Gasteiger partial charge in [0.2, 0.25) is 5.69 Å². The molecule has 7 nitrogen and oxygen atoms in total. The fourth-order valence-electron chi connectivity index (χ4n) is 2.49. The molecule has 0 fully saturated rings. The van der Waals surface area contributed by atoms with Crippen LogP contribution in [0.1, 0.15) is 66.5 Å². The van der Waals surface area contributed by atoms with Crippen molar-refractivity contribution in [2.45, 2.75) is 45.4 Å². The fraction of sp³-hybridized carbons (Fsp3) is 0.400. The van der Waals surface area contributed by atoms with E-state index in [0.717, 1.165) is 18.4 Å². The Morgan fingerprint density at radius 3 is 2.70 bits per heavy atom. The number of esters is 1. The normalized spacial score (nSPS) is 10.7. The fourth-order valence-corrected chi connectivity index (χ4v) is 2.49. The molecule has 0 saturated carbocycles. The summed E-state index contributed by atoms with van der Waals surface area (Å²) in [6.45, 7) is 2.18. The highest BCUT2D eigenvalue weighted by Crippen LogP contribution is 2.18. The van der Waals surface area contributed by atoms with Crippen LogP contribution in [0.3, 0.4) is 0 Å². The van der Waals surface area contributed by atoms with Crippen molar-refractivity contribution in [1.82, 2.24) is 4.98 Å². The number of oxazole rings is 1. The molecule has 0 unspecified atom stereocenters. The van der Waals surface area contributed by atoms with E-state index in [1.54, 1.807) is 30.5 Å². The number of carbonyl (C=O) groups excluding carboxylic acids is 1. The zero-order chi connectivity index (χ0) is 19.5. The van der Waals surface area contributed by atoms with E-state index < -0.39 is 0 Å². The number of benzene rings is 1. The highest BCUT2D eigenvalue weighted by Gasteiger charge is 2.12. The first-order valence-corrected chi connectivity index (χ1v) is 9.05. The van der Waals surface area contributed by atoms with E-state index in [1.807, 2.05) is 6.07 Å². The number of methoxy groups -OCH3 is 1. The summed E-state index contributed by atoms with van der Waals surface area (Å²) in [5, 5.41) is 13.3. The molecule has 1 aromatic heterocycles. The van der Waals surface area contributed by atoms with Gasteiger partial charge in [-0.3, -0.25) is 0 Å². The molecule has 0 aliphatic rings. The number of ether oxygens (including phenoxy) is 1. The lowest BCUT2D eigenvalue weighted by Crippen LogP contribution is -2.00. The molecule has 2 rings (SSSR count). The summed E-state index contributed by atoms with van der Waals surface area (Å²) in [7, 11) is 1.34. The van der Waals surface area contributed by atoms with Crippen molar-refractivity contribution in [3.63, 3.8) is 0 Å². The predicted molar refractivity (Wildman–Crippen MR) is 103 cm³/mol. The van der Waals surface area contributed by atoms with Gasteiger partial charge in [-0.2, -0.15) is 10.4 Å². The Balaban J connectivity index is 1.91. The maximum absolute atomic E-state index is 11.4. The Labute approximate surface area is 159 Å². The van der Waals surface area contributed by atoms with Gasteiger partial charge in [-0.1, -0.05) is 44.7 Å². The zero-order valence-corrected chi connectivity index (χ0v) is 15.7. The maximum Gasteiger partial charge on any atom is 0.337 e. The summed E-state index contributed by atoms with van der Waals surface area (Å²) in [5.74, 6) is 0.394. The third-order valence-corrected chi connectivity index (χ3v) is 3.98. The van der Waals surface area contributed by atoms with Crippen molar-refractivity contribution in [3.05, 3.63) is 47.0 Å². The lowest BCUT2D eigenvalue weighted by atomic mass is 10.1. The molecule has 0 spiro atoms. The third-order valence-electron chi connectivity index (χ3n) is 3.98. The molecular weight excluding hydrogens is 344 g/mol. The van der Waals surface area contributed by atoms with Crippen LogP contribution in [0.15, 0.2) is 33.8 Å². The summed E-state index contributed by atoms with van der Waals surface area (Å²) in [6, 6.07) is 8.79. The molecule has 0 atom stereocenters. The Hall–Kier alpha value is -3.14. The molecule has 7 heteroatoms. The molecule has 0 amide bonds. The van der Waals surface area contributed by atoms with Gasteiger partial charge in [0, 0.05) is 6.42 Å². The van der Waals surface area contributed by atoms with Crippen molar-refractivity contribution in [2.75, 3.05) is 12.5 Å². The van der Waals surface area contributed by atoms with Crippen LogP contribution in [0, 0.1) is 11.3 Å². The lowest BCUT2D eigenvalue weighted by molar-refractivity contribution is 0.0600. The number of rotatable bonds is 10. The van der Waals surface area contributed by atoms with E-state index in [4.69, 9.17) is 4.42 Å². The summed E-state index contributed by atoms with van der Waals surface area (Å²) in [4.78, 5) is 15.6. The maximum atomic E-state index is 11.4. The number of carbonyl (C=O) groups is 1. The van der Waals surface area contributed by atoms with Crippen LogP contribution in [0.2, 0.25) is 0 Å². The van der Waals surface area contributed by atoms with Crippen LogP contribution in [-0.2, 0) is 11.2 Å². The van der Waals surface area contributed by atoms with Gasteiger partial charge in [0.05, 0.1) is 18.9 Å². The number of aryl methyl sites for hydroxylation is 1. The summed E-state index contributed by atoms with van der Waals surface area (Å²) >= 11 is 0. The number of nitriles is 1. The smallest absolute Gasteiger partial charge is 0.337 e. The molecule has 27 heavy (non-hydrogen) atoms. The van der Waals surface area contributed by atoms with Crippen LogP contribution in [0.5, 0.6) is 0 Å². The number of hydrazone groups is 1. The van der Waals surface area contributed by atoms with Crippen LogP contribution < -0.4 is 5.43 Å². The number of unbranched alkanes of at least 4 members (excludes halogenated alkanes) is 4. The standard InChI is InChI=1S/C20H24N4O3/c1-3-4-5-6-7-8-18-23-17(13-21)19(27-18)24-22-14-15-9-11-16(12-10-15)20(25)26-2/h9-12,14,24H,3-8H2,1-2H3/b22-14+. The minimum absolute atomic E-state index is 0.191. The number of nitrogens with zero attached hydrogens (tertiary/aromatic N) is 3. The second-order valence-electron chi connectivity index (χ2n) is 6.04. The van der Waals surface area contributed by atoms with E-state index >= 15 is 0 Å². The van der Waals surface area contributed by atoms with Gasteiger partial charge in [-0.25, -0.2) is 15.2 Å².